The number of amides is 1. The number of aromatic nitrogens is 1. The number of carboxylic acids is 1. The number of hydrogen-bond donors (Lipinski definition) is 2. The Labute approximate surface area is 124 Å². The Bertz CT molecular complexity index is 647. The first-order chi connectivity index (χ1) is 9.45. The van der Waals surface area contributed by atoms with Gasteiger partial charge in [0.1, 0.15) is 6.54 Å². The van der Waals surface area contributed by atoms with Gasteiger partial charge in [-0.3, -0.25) is 4.79 Å². The molecule has 0 radical (unpaired) electrons. The molecule has 0 aliphatic heterocycles. The summed E-state index contributed by atoms with van der Waals surface area (Å²) in [7, 11) is 0. The second-order valence-electron chi connectivity index (χ2n) is 4.40. The monoisotopic (exact) mass is 336 g/mol. The second kappa shape index (κ2) is 5.92. The number of nitrogens with one attached hydrogen (secondary N) is 1. The number of anilines is 1. The van der Waals surface area contributed by atoms with Gasteiger partial charge in [-0.1, -0.05) is 17.7 Å². The zero-order chi connectivity index (χ0) is 14.7. The predicted octanol–water partition coefficient (Wildman–Crippen LogP) is 2.90. The third-order valence-electron chi connectivity index (χ3n) is 2.74. The lowest BCUT2D eigenvalue weighted by atomic mass is 10.2. The van der Waals surface area contributed by atoms with Crippen LogP contribution in [0.15, 0.2) is 41.1 Å². The summed E-state index contributed by atoms with van der Waals surface area (Å²) in [6.07, 6.45) is 1.42. The molecule has 0 aliphatic rings. The molecule has 0 saturated heterocycles. The van der Waals surface area contributed by atoms with Gasteiger partial charge in [0.15, 0.2) is 0 Å². The fraction of sp³-hybridized carbons (Fsp3) is 0.143. The van der Waals surface area contributed by atoms with Crippen LogP contribution < -0.4 is 5.32 Å². The van der Waals surface area contributed by atoms with Crippen molar-refractivity contribution in [2.75, 3.05) is 5.32 Å². The summed E-state index contributed by atoms with van der Waals surface area (Å²) in [6.45, 7) is 2.01. The van der Waals surface area contributed by atoms with Crippen LogP contribution in [0.3, 0.4) is 0 Å². The Kier molecular flexibility index (Phi) is 4.24. The van der Waals surface area contributed by atoms with E-state index in [1.54, 1.807) is 0 Å². The van der Waals surface area contributed by atoms with Gasteiger partial charge in [0.2, 0.25) is 5.91 Å². The minimum Gasteiger partial charge on any atom is -0.478 e. The average Bonchev–Trinajstić information content (AvgIpc) is 2.74. The summed E-state index contributed by atoms with van der Waals surface area (Å²) in [5.74, 6) is -1.24. The van der Waals surface area contributed by atoms with Gasteiger partial charge in [-0.2, -0.15) is 0 Å². The van der Waals surface area contributed by atoms with Gasteiger partial charge in [-0.15, -0.1) is 0 Å². The molecule has 1 amide bonds. The van der Waals surface area contributed by atoms with Crippen LogP contribution in [0.25, 0.3) is 0 Å². The van der Waals surface area contributed by atoms with E-state index in [1.807, 2.05) is 31.2 Å². The zero-order valence-corrected chi connectivity index (χ0v) is 12.3. The summed E-state index contributed by atoms with van der Waals surface area (Å²) >= 11 is 3.23. The highest BCUT2D eigenvalue weighted by Crippen LogP contribution is 2.16. The molecular weight excluding hydrogens is 324 g/mol. The van der Waals surface area contributed by atoms with Crippen LogP contribution >= 0.6 is 15.9 Å². The largest absolute Gasteiger partial charge is 0.478 e. The standard InChI is InChI=1S/C14H13BrN2O3/c1-9-2-4-11(5-3-9)16-13(18)8-17-7-10(14(19)20)6-12(17)15/h2-7H,8H2,1H3,(H,16,18)(H,19,20). The van der Waals surface area contributed by atoms with E-state index < -0.39 is 5.97 Å². The summed E-state index contributed by atoms with van der Waals surface area (Å²) in [4.78, 5) is 22.7. The van der Waals surface area contributed by atoms with Gasteiger partial charge < -0.3 is 15.0 Å². The van der Waals surface area contributed by atoms with Crippen molar-refractivity contribution in [2.24, 2.45) is 0 Å². The number of benzene rings is 1. The smallest absolute Gasteiger partial charge is 0.337 e. The molecule has 0 aliphatic carbocycles. The quantitative estimate of drug-likeness (QED) is 0.901. The van der Waals surface area contributed by atoms with Crippen LogP contribution in [0.4, 0.5) is 5.69 Å². The minimum atomic E-state index is -1.02. The summed E-state index contributed by atoms with van der Waals surface area (Å²) in [6, 6.07) is 8.91. The molecular formula is C14H13BrN2O3. The van der Waals surface area contributed by atoms with Gasteiger partial charge in [0, 0.05) is 11.9 Å². The van der Waals surface area contributed by atoms with Crippen molar-refractivity contribution in [3.63, 3.8) is 0 Å². The molecule has 1 heterocycles. The highest BCUT2D eigenvalue weighted by atomic mass is 79.9. The Morgan fingerprint density at radius 1 is 1.30 bits per heavy atom. The molecule has 0 saturated carbocycles. The summed E-state index contributed by atoms with van der Waals surface area (Å²) in [5.41, 5.74) is 1.96. The number of halogens is 1. The molecule has 1 aromatic carbocycles. The lowest BCUT2D eigenvalue weighted by Gasteiger charge is -2.07. The number of carbonyl (C=O) groups excluding carboxylic acids is 1. The maximum absolute atomic E-state index is 11.9. The number of nitrogens with zero attached hydrogens (tertiary/aromatic N) is 1. The maximum atomic E-state index is 11.9. The van der Waals surface area contributed by atoms with Crippen molar-refractivity contribution in [1.82, 2.24) is 4.57 Å². The first-order valence-electron chi connectivity index (χ1n) is 5.91. The van der Waals surface area contributed by atoms with Crippen molar-refractivity contribution >= 4 is 33.5 Å². The number of carboxylic acid groups (broad SMARTS) is 1. The van der Waals surface area contributed by atoms with Crippen LogP contribution in [-0.4, -0.2) is 21.6 Å². The van der Waals surface area contributed by atoms with Crippen LogP contribution in [0, 0.1) is 6.92 Å². The molecule has 2 aromatic rings. The average molecular weight is 337 g/mol. The van der Waals surface area contributed by atoms with Crippen molar-refractivity contribution < 1.29 is 14.7 Å². The van der Waals surface area contributed by atoms with E-state index in [0.29, 0.717) is 10.3 Å². The predicted molar refractivity (Wildman–Crippen MR) is 78.9 cm³/mol. The summed E-state index contributed by atoms with van der Waals surface area (Å²) in [5, 5.41) is 11.6. The van der Waals surface area contributed by atoms with E-state index in [0.717, 1.165) is 5.56 Å². The van der Waals surface area contributed by atoms with Gasteiger partial charge in [-0.05, 0) is 41.1 Å². The van der Waals surface area contributed by atoms with Crippen molar-refractivity contribution in [3.8, 4) is 0 Å². The Morgan fingerprint density at radius 3 is 2.50 bits per heavy atom. The van der Waals surface area contributed by atoms with Crippen molar-refractivity contribution in [1.29, 1.82) is 0 Å². The maximum Gasteiger partial charge on any atom is 0.337 e. The highest BCUT2D eigenvalue weighted by Gasteiger charge is 2.11. The van der Waals surface area contributed by atoms with Crippen LogP contribution in [0.2, 0.25) is 0 Å². The molecule has 2 N–H and O–H groups in total. The molecule has 5 nitrogen and oxygen atoms in total. The molecule has 0 fully saturated rings. The lowest BCUT2D eigenvalue weighted by Crippen LogP contribution is -2.18. The van der Waals surface area contributed by atoms with Crippen LogP contribution in [0.5, 0.6) is 0 Å². The molecule has 0 bridgehead atoms. The van der Waals surface area contributed by atoms with Gasteiger partial charge in [0.05, 0.1) is 10.2 Å². The number of rotatable bonds is 4. The van der Waals surface area contributed by atoms with E-state index in [2.05, 4.69) is 21.2 Å². The summed E-state index contributed by atoms with van der Waals surface area (Å²) < 4.78 is 2.08. The zero-order valence-electron chi connectivity index (χ0n) is 10.8. The van der Waals surface area contributed by atoms with Crippen molar-refractivity contribution in [3.05, 3.63) is 52.3 Å². The topological polar surface area (TPSA) is 71.3 Å². The molecule has 6 heteroatoms. The molecule has 104 valence electrons. The Hall–Kier alpha value is -2.08. The van der Waals surface area contributed by atoms with Crippen molar-refractivity contribution in [2.45, 2.75) is 13.5 Å². The molecule has 20 heavy (non-hydrogen) atoms. The molecule has 1 aromatic heterocycles. The van der Waals surface area contributed by atoms with E-state index in [4.69, 9.17) is 5.11 Å². The normalized spacial score (nSPS) is 10.3. The third-order valence-corrected chi connectivity index (χ3v) is 3.42. The van der Waals surface area contributed by atoms with E-state index in [-0.39, 0.29) is 18.0 Å². The van der Waals surface area contributed by atoms with Gasteiger partial charge in [0.25, 0.3) is 0 Å². The Morgan fingerprint density at radius 2 is 1.95 bits per heavy atom. The molecule has 0 atom stereocenters. The molecule has 0 spiro atoms. The lowest BCUT2D eigenvalue weighted by molar-refractivity contribution is -0.116. The molecule has 2 rings (SSSR count). The van der Waals surface area contributed by atoms with Crippen LogP contribution in [0.1, 0.15) is 15.9 Å². The second-order valence-corrected chi connectivity index (χ2v) is 5.21. The van der Waals surface area contributed by atoms with Gasteiger partial charge in [-0.25, -0.2) is 4.79 Å². The number of aryl methyl sites for hydroxylation is 1. The fourth-order valence-electron chi connectivity index (χ4n) is 1.71. The first-order valence-corrected chi connectivity index (χ1v) is 6.70. The van der Waals surface area contributed by atoms with Gasteiger partial charge >= 0.3 is 5.97 Å². The fourth-order valence-corrected chi connectivity index (χ4v) is 2.18. The van der Waals surface area contributed by atoms with E-state index >= 15 is 0 Å². The first kappa shape index (κ1) is 14.3. The SMILES string of the molecule is Cc1ccc(NC(=O)Cn2cc(C(=O)O)cc2Br)cc1. The third kappa shape index (κ3) is 3.48. The molecule has 0 unspecified atom stereocenters. The van der Waals surface area contributed by atoms with E-state index in [9.17, 15) is 9.59 Å². The highest BCUT2D eigenvalue weighted by molar-refractivity contribution is 9.10. The number of hydrogen-bond acceptors (Lipinski definition) is 2. The van der Waals surface area contributed by atoms with Crippen LogP contribution in [-0.2, 0) is 11.3 Å². The van der Waals surface area contributed by atoms with E-state index in [1.165, 1.54) is 16.8 Å². The Balaban J connectivity index is 2.04. The minimum absolute atomic E-state index is 0.0434. The number of aromatic carboxylic acids is 1. The number of carbonyl (C=O) groups is 2.